The molecular formula is C11H16BrN3O. The van der Waals surface area contributed by atoms with Crippen molar-refractivity contribution < 1.29 is 4.74 Å². The van der Waals surface area contributed by atoms with Gasteiger partial charge in [-0.1, -0.05) is 0 Å². The number of aromatic nitrogens is 1. The quantitative estimate of drug-likeness (QED) is 0.896. The highest BCUT2D eigenvalue weighted by Gasteiger charge is 2.13. The molecule has 0 aromatic carbocycles. The number of morpholine rings is 1. The van der Waals surface area contributed by atoms with E-state index >= 15 is 0 Å². The highest BCUT2D eigenvalue weighted by molar-refractivity contribution is 9.10. The molecule has 1 aromatic rings. The lowest BCUT2D eigenvalue weighted by Gasteiger charge is -2.27. The van der Waals surface area contributed by atoms with Crippen LogP contribution < -0.4 is 5.73 Å². The van der Waals surface area contributed by atoms with Crippen LogP contribution in [0.15, 0.2) is 10.5 Å². The Bertz CT molecular complexity index is 378. The number of anilines is 1. The van der Waals surface area contributed by atoms with Crippen molar-refractivity contribution in [3.8, 4) is 0 Å². The van der Waals surface area contributed by atoms with E-state index in [1.165, 1.54) is 5.56 Å². The summed E-state index contributed by atoms with van der Waals surface area (Å²) in [5, 5.41) is 0. The van der Waals surface area contributed by atoms with Gasteiger partial charge in [0.15, 0.2) is 0 Å². The molecule has 5 heteroatoms. The van der Waals surface area contributed by atoms with Crippen molar-refractivity contribution in [2.24, 2.45) is 0 Å². The van der Waals surface area contributed by atoms with E-state index in [9.17, 15) is 0 Å². The summed E-state index contributed by atoms with van der Waals surface area (Å²) in [4.78, 5) is 6.58. The molecule has 1 saturated heterocycles. The van der Waals surface area contributed by atoms with Crippen molar-refractivity contribution in [2.75, 3.05) is 32.0 Å². The zero-order valence-electron chi connectivity index (χ0n) is 9.37. The average molecular weight is 286 g/mol. The van der Waals surface area contributed by atoms with Crippen molar-refractivity contribution in [2.45, 2.75) is 13.5 Å². The molecule has 0 atom stereocenters. The second-order valence-electron chi connectivity index (χ2n) is 3.99. The number of aryl methyl sites for hydroxylation is 1. The first kappa shape index (κ1) is 11.8. The number of nitrogens with two attached hydrogens (primary N) is 1. The average Bonchev–Trinajstić information content (AvgIpc) is 2.27. The molecule has 88 valence electrons. The number of nitrogens with zero attached hydrogens (tertiary/aromatic N) is 2. The smallest absolute Gasteiger partial charge is 0.124 e. The Morgan fingerprint density at radius 2 is 2.19 bits per heavy atom. The zero-order chi connectivity index (χ0) is 11.5. The topological polar surface area (TPSA) is 51.4 Å². The van der Waals surface area contributed by atoms with Crippen molar-refractivity contribution in [3.63, 3.8) is 0 Å². The number of nitrogen functional groups attached to an aromatic ring is 1. The molecule has 0 bridgehead atoms. The molecule has 1 aromatic heterocycles. The van der Waals surface area contributed by atoms with Gasteiger partial charge in [-0.3, -0.25) is 4.90 Å². The van der Waals surface area contributed by atoms with Crippen LogP contribution in [-0.2, 0) is 11.3 Å². The van der Waals surface area contributed by atoms with E-state index in [1.54, 1.807) is 0 Å². The van der Waals surface area contributed by atoms with Gasteiger partial charge in [0, 0.05) is 24.1 Å². The Hall–Kier alpha value is -0.650. The number of hydrogen-bond donors (Lipinski definition) is 1. The highest BCUT2D eigenvalue weighted by atomic mass is 79.9. The standard InChI is InChI=1S/C11H16BrN3O/c1-8-11(12)9(6-10(13)14-8)7-15-2-4-16-5-3-15/h6H,2-5,7H2,1H3,(H2,13,14). The third-order valence-electron chi connectivity index (χ3n) is 2.72. The molecular weight excluding hydrogens is 270 g/mol. The minimum atomic E-state index is 0.587. The van der Waals surface area contributed by atoms with Crippen LogP contribution in [0.4, 0.5) is 5.82 Å². The minimum absolute atomic E-state index is 0.587. The van der Waals surface area contributed by atoms with Gasteiger partial charge in [0.25, 0.3) is 0 Å². The van der Waals surface area contributed by atoms with Crippen LogP contribution in [0.5, 0.6) is 0 Å². The molecule has 16 heavy (non-hydrogen) atoms. The highest BCUT2D eigenvalue weighted by Crippen LogP contribution is 2.23. The lowest BCUT2D eigenvalue weighted by molar-refractivity contribution is 0.0341. The number of halogens is 1. The molecule has 4 nitrogen and oxygen atoms in total. The van der Waals surface area contributed by atoms with Gasteiger partial charge in [-0.05, 0) is 34.5 Å². The third-order valence-corrected chi connectivity index (χ3v) is 3.80. The fourth-order valence-electron chi connectivity index (χ4n) is 1.86. The van der Waals surface area contributed by atoms with Gasteiger partial charge < -0.3 is 10.5 Å². The number of hydrogen-bond acceptors (Lipinski definition) is 4. The largest absolute Gasteiger partial charge is 0.384 e. The summed E-state index contributed by atoms with van der Waals surface area (Å²) in [5.41, 5.74) is 7.91. The second kappa shape index (κ2) is 5.12. The zero-order valence-corrected chi connectivity index (χ0v) is 11.0. The van der Waals surface area contributed by atoms with Crippen molar-refractivity contribution in [1.29, 1.82) is 0 Å². The Labute approximate surface area is 104 Å². The van der Waals surface area contributed by atoms with Gasteiger partial charge in [0.2, 0.25) is 0 Å². The normalized spacial score (nSPS) is 17.6. The lowest BCUT2D eigenvalue weighted by atomic mass is 10.2. The maximum atomic E-state index is 5.76. The Morgan fingerprint density at radius 1 is 1.50 bits per heavy atom. The van der Waals surface area contributed by atoms with E-state index in [4.69, 9.17) is 10.5 Å². The van der Waals surface area contributed by atoms with E-state index in [2.05, 4.69) is 25.8 Å². The van der Waals surface area contributed by atoms with E-state index in [0.717, 1.165) is 43.0 Å². The molecule has 2 N–H and O–H groups in total. The first-order valence-electron chi connectivity index (χ1n) is 5.38. The summed E-state index contributed by atoms with van der Waals surface area (Å²) in [5.74, 6) is 0.587. The molecule has 0 spiro atoms. The predicted octanol–water partition coefficient (Wildman–Crippen LogP) is 1.57. The molecule has 0 saturated carbocycles. The van der Waals surface area contributed by atoms with Gasteiger partial charge >= 0.3 is 0 Å². The predicted molar refractivity (Wildman–Crippen MR) is 67.2 cm³/mol. The molecule has 0 aliphatic carbocycles. The van der Waals surface area contributed by atoms with Crippen LogP contribution in [0.3, 0.4) is 0 Å². The van der Waals surface area contributed by atoms with Crippen LogP contribution in [0.1, 0.15) is 11.3 Å². The summed E-state index contributed by atoms with van der Waals surface area (Å²) in [6.45, 7) is 6.45. The number of ether oxygens (including phenoxy) is 1. The molecule has 0 radical (unpaired) electrons. The first-order valence-corrected chi connectivity index (χ1v) is 6.17. The number of pyridine rings is 1. The number of rotatable bonds is 2. The maximum Gasteiger partial charge on any atom is 0.124 e. The van der Waals surface area contributed by atoms with E-state index < -0.39 is 0 Å². The molecule has 1 aliphatic rings. The summed E-state index contributed by atoms with van der Waals surface area (Å²) in [7, 11) is 0. The summed E-state index contributed by atoms with van der Waals surface area (Å²) >= 11 is 3.57. The Morgan fingerprint density at radius 3 is 2.88 bits per heavy atom. The summed E-state index contributed by atoms with van der Waals surface area (Å²) in [6.07, 6.45) is 0. The van der Waals surface area contributed by atoms with Crippen LogP contribution in [-0.4, -0.2) is 36.2 Å². The van der Waals surface area contributed by atoms with Crippen LogP contribution in [0.25, 0.3) is 0 Å². The second-order valence-corrected chi connectivity index (χ2v) is 4.79. The molecule has 0 amide bonds. The Balaban J connectivity index is 2.13. The van der Waals surface area contributed by atoms with Gasteiger partial charge in [0.05, 0.1) is 18.9 Å². The van der Waals surface area contributed by atoms with Crippen molar-refractivity contribution in [3.05, 3.63) is 21.8 Å². The summed E-state index contributed by atoms with van der Waals surface area (Å²) < 4.78 is 6.39. The molecule has 0 unspecified atom stereocenters. The minimum Gasteiger partial charge on any atom is -0.384 e. The Kier molecular flexibility index (Phi) is 3.78. The van der Waals surface area contributed by atoms with E-state index in [-0.39, 0.29) is 0 Å². The van der Waals surface area contributed by atoms with Crippen LogP contribution in [0, 0.1) is 6.92 Å². The lowest BCUT2D eigenvalue weighted by Crippen LogP contribution is -2.35. The SMILES string of the molecule is Cc1nc(N)cc(CN2CCOCC2)c1Br. The van der Waals surface area contributed by atoms with Crippen LogP contribution in [0.2, 0.25) is 0 Å². The van der Waals surface area contributed by atoms with Crippen molar-refractivity contribution in [1.82, 2.24) is 9.88 Å². The third kappa shape index (κ3) is 2.72. The fourth-order valence-corrected chi connectivity index (χ4v) is 2.19. The van der Waals surface area contributed by atoms with Gasteiger partial charge in [-0.15, -0.1) is 0 Å². The monoisotopic (exact) mass is 285 g/mol. The summed E-state index contributed by atoms with van der Waals surface area (Å²) in [6, 6.07) is 1.94. The van der Waals surface area contributed by atoms with E-state index in [1.807, 2.05) is 13.0 Å². The molecule has 1 fully saturated rings. The van der Waals surface area contributed by atoms with Crippen LogP contribution >= 0.6 is 15.9 Å². The first-order chi connectivity index (χ1) is 7.66. The molecule has 2 rings (SSSR count). The fraction of sp³-hybridized carbons (Fsp3) is 0.545. The maximum absolute atomic E-state index is 5.76. The molecule has 2 heterocycles. The van der Waals surface area contributed by atoms with Gasteiger partial charge in [-0.2, -0.15) is 0 Å². The van der Waals surface area contributed by atoms with Gasteiger partial charge in [0.1, 0.15) is 5.82 Å². The van der Waals surface area contributed by atoms with E-state index in [0.29, 0.717) is 5.82 Å². The van der Waals surface area contributed by atoms with Crippen molar-refractivity contribution >= 4 is 21.7 Å². The molecule has 1 aliphatic heterocycles. The van der Waals surface area contributed by atoms with Gasteiger partial charge in [-0.25, -0.2) is 4.98 Å².